The molecule has 1 fully saturated rings. The number of hydrogen-bond acceptors (Lipinski definition) is 15. The summed E-state index contributed by atoms with van der Waals surface area (Å²) in [5.41, 5.74) is 22.0. The van der Waals surface area contributed by atoms with Crippen molar-refractivity contribution in [3.63, 3.8) is 0 Å². The number of nitrogens with one attached hydrogen (secondary N) is 10. The number of rotatable bonds is 31. The smallest absolute Gasteiger partial charge is 0.246 e. The first-order chi connectivity index (χ1) is 35.6. The van der Waals surface area contributed by atoms with E-state index in [1.165, 1.54) is 43.0 Å². The molecular formula is C47H75N15O14. The number of aliphatic hydroxyl groups excluding tert-OH is 1. The number of phenolic OH excluding ortho intramolecular Hbond substituents is 1. The SMILES string of the molecule is CC(=O)N[C@@H](CCCNC(=N)N)C(=O)N[C@@H](C)C(=O)N[C@@H](CO)C(=O)N[C@@H](CCC(N)=O)C(=O)N[C@@H](CC(N)=O)C(=O)N[C@@H](Cc1ccc(O)cc1)C(=O)N1CCC[C@H]1C(=O)N[C@H](C(=O)N[C@H](C(N)=O)C(C)C)C(C)C. The first-order valence-electron chi connectivity index (χ1n) is 24.6. The number of benzene rings is 1. The molecule has 20 N–H and O–H groups in total. The van der Waals surface area contributed by atoms with E-state index in [1.54, 1.807) is 27.7 Å². The Morgan fingerprint density at radius 1 is 0.645 bits per heavy atom. The fourth-order valence-electron chi connectivity index (χ4n) is 7.86. The van der Waals surface area contributed by atoms with Crippen molar-refractivity contribution in [1.82, 2.24) is 52.8 Å². The van der Waals surface area contributed by atoms with Crippen LogP contribution in [0, 0.1) is 17.2 Å². The molecule has 9 atom stereocenters. The van der Waals surface area contributed by atoms with Gasteiger partial charge in [-0.05, 0) is 68.6 Å². The monoisotopic (exact) mass is 1070 g/mol. The highest BCUT2D eigenvalue weighted by Crippen LogP contribution is 2.22. The summed E-state index contributed by atoms with van der Waals surface area (Å²) in [5.74, 6) is -12.2. The van der Waals surface area contributed by atoms with Gasteiger partial charge in [0.05, 0.1) is 13.0 Å². The molecule has 0 unspecified atom stereocenters. The van der Waals surface area contributed by atoms with Gasteiger partial charge >= 0.3 is 0 Å². The van der Waals surface area contributed by atoms with E-state index in [9.17, 15) is 67.7 Å². The minimum Gasteiger partial charge on any atom is -0.508 e. The average Bonchev–Trinajstić information content (AvgIpc) is 3.83. The lowest BCUT2D eigenvalue weighted by Gasteiger charge is -2.32. The topological polar surface area (TPSA) is 485 Å². The summed E-state index contributed by atoms with van der Waals surface area (Å²) >= 11 is 0. The summed E-state index contributed by atoms with van der Waals surface area (Å²) in [6, 6.07) is -7.25. The molecule has 76 heavy (non-hydrogen) atoms. The maximum Gasteiger partial charge on any atom is 0.246 e. The number of carbonyl (C=O) groups excluding carboxylic acids is 12. The molecule has 2 rings (SSSR count). The lowest BCUT2D eigenvalue weighted by molar-refractivity contribution is -0.143. The van der Waals surface area contributed by atoms with Crippen molar-refractivity contribution in [2.75, 3.05) is 19.7 Å². The van der Waals surface area contributed by atoms with Crippen molar-refractivity contribution in [2.24, 2.45) is 34.8 Å². The Kier molecular flexibility index (Phi) is 26.1. The van der Waals surface area contributed by atoms with E-state index < -0.39 is 157 Å². The molecule has 0 aromatic heterocycles. The molecule has 29 nitrogen and oxygen atoms in total. The summed E-state index contributed by atoms with van der Waals surface area (Å²) in [7, 11) is 0. The predicted molar refractivity (Wildman–Crippen MR) is 271 cm³/mol. The van der Waals surface area contributed by atoms with Crippen LogP contribution in [0.5, 0.6) is 5.75 Å². The van der Waals surface area contributed by atoms with Gasteiger partial charge in [-0.2, -0.15) is 0 Å². The van der Waals surface area contributed by atoms with Crippen LogP contribution in [-0.2, 0) is 64.0 Å². The molecule has 1 saturated heterocycles. The summed E-state index contributed by atoms with van der Waals surface area (Å²) in [6.07, 6.45) is -1.41. The lowest BCUT2D eigenvalue weighted by atomic mass is 9.99. The predicted octanol–water partition coefficient (Wildman–Crippen LogP) is -5.96. The third-order valence-electron chi connectivity index (χ3n) is 11.9. The molecule has 422 valence electrons. The van der Waals surface area contributed by atoms with E-state index >= 15 is 0 Å². The highest BCUT2D eigenvalue weighted by Gasteiger charge is 2.41. The molecule has 0 bridgehead atoms. The maximum absolute atomic E-state index is 14.5. The zero-order valence-electron chi connectivity index (χ0n) is 43.5. The molecule has 0 radical (unpaired) electrons. The average molecular weight is 1070 g/mol. The summed E-state index contributed by atoms with van der Waals surface area (Å²) in [5, 5.41) is 49.3. The van der Waals surface area contributed by atoms with E-state index in [1.807, 2.05) is 0 Å². The molecule has 0 spiro atoms. The fraction of sp³-hybridized carbons (Fsp3) is 0.596. The number of amides is 12. The van der Waals surface area contributed by atoms with Gasteiger partial charge in [-0.25, -0.2) is 0 Å². The minimum absolute atomic E-state index is 0.0151. The van der Waals surface area contributed by atoms with Crippen LogP contribution in [0.1, 0.15) is 92.1 Å². The largest absolute Gasteiger partial charge is 0.508 e. The maximum atomic E-state index is 14.5. The molecule has 29 heteroatoms. The van der Waals surface area contributed by atoms with Gasteiger partial charge in [-0.1, -0.05) is 39.8 Å². The first kappa shape index (κ1) is 64.0. The number of carbonyl (C=O) groups is 12. The van der Waals surface area contributed by atoms with Crippen molar-refractivity contribution >= 4 is 76.8 Å². The quantitative estimate of drug-likeness (QED) is 0.0187. The number of phenols is 1. The zero-order chi connectivity index (χ0) is 57.6. The van der Waals surface area contributed by atoms with Crippen LogP contribution in [0.15, 0.2) is 24.3 Å². The number of aromatic hydroxyl groups is 1. The van der Waals surface area contributed by atoms with Crippen molar-refractivity contribution in [1.29, 1.82) is 5.41 Å². The van der Waals surface area contributed by atoms with Crippen molar-refractivity contribution in [3.05, 3.63) is 29.8 Å². The van der Waals surface area contributed by atoms with Gasteiger partial charge in [0.25, 0.3) is 0 Å². The molecular weight excluding hydrogens is 999 g/mol. The Bertz CT molecular complexity index is 2280. The van der Waals surface area contributed by atoms with Gasteiger partial charge in [-0.15, -0.1) is 0 Å². The van der Waals surface area contributed by atoms with E-state index in [0.717, 1.165) is 0 Å². The third kappa shape index (κ3) is 21.4. The first-order valence-corrected chi connectivity index (χ1v) is 24.6. The van der Waals surface area contributed by atoms with E-state index in [4.69, 9.17) is 28.3 Å². The fourth-order valence-corrected chi connectivity index (χ4v) is 7.86. The number of hydrogen-bond donors (Lipinski definition) is 16. The Hall–Kier alpha value is -8.11. The summed E-state index contributed by atoms with van der Waals surface area (Å²) in [4.78, 5) is 159. The van der Waals surface area contributed by atoms with E-state index in [2.05, 4.69) is 47.9 Å². The normalized spacial score (nSPS) is 16.2. The minimum atomic E-state index is -1.87. The van der Waals surface area contributed by atoms with Crippen molar-refractivity contribution in [2.45, 2.75) is 147 Å². The summed E-state index contributed by atoms with van der Waals surface area (Å²) < 4.78 is 0. The van der Waals surface area contributed by atoms with Crippen molar-refractivity contribution < 1.29 is 67.7 Å². The molecule has 0 aliphatic carbocycles. The number of aliphatic hydroxyl groups is 1. The molecule has 1 aliphatic heterocycles. The number of nitrogens with two attached hydrogens (primary N) is 4. The standard InChI is InChI=1S/C47H75N15O14/c1-22(2)36(38(50)68)60-45(75)37(23(3)4)61-44(74)33-10-8-18-62(33)46(76)31(19-26-11-13-27(65)14-12-26)58-42(72)30(20-35(49)67)57-41(71)29(15-16-34(48)66)56-43(73)32(21-63)59-39(69)24(5)54-40(70)28(55-25(6)64)9-7-17-53-47(51)52/h11-14,22-24,28-33,36-37,63,65H,7-10,15-21H2,1-6H3,(H2,48,66)(H2,49,67)(H2,50,68)(H,54,70)(H,55,64)(H,56,73)(H,57,71)(H,58,72)(H,59,69)(H,60,75)(H,61,74)(H4,51,52,53)/t24-,28-,29-,30-,31-,32-,33-,36-,37-/m0/s1. The van der Waals surface area contributed by atoms with E-state index in [0.29, 0.717) is 12.0 Å². The second kappa shape index (κ2) is 30.9. The Morgan fingerprint density at radius 2 is 1.18 bits per heavy atom. The van der Waals surface area contributed by atoms with Crippen LogP contribution >= 0.6 is 0 Å². The third-order valence-corrected chi connectivity index (χ3v) is 11.9. The Balaban J connectivity index is 2.38. The highest BCUT2D eigenvalue weighted by atomic mass is 16.3. The van der Waals surface area contributed by atoms with Crippen molar-refractivity contribution in [3.8, 4) is 5.75 Å². The van der Waals surface area contributed by atoms with Gasteiger partial charge in [-0.3, -0.25) is 62.9 Å². The molecule has 0 saturated carbocycles. The second-order valence-electron chi connectivity index (χ2n) is 19.0. The Labute approximate surface area is 439 Å². The van der Waals surface area contributed by atoms with E-state index in [-0.39, 0.29) is 56.4 Å². The molecule has 1 aromatic carbocycles. The van der Waals surface area contributed by atoms with Crippen LogP contribution in [0.4, 0.5) is 0 Å². The van der Waals surface area contributed by atoms with Gasteiger partial charge < -0.3 is 85.9 Å². The number of primary amides is 3. The van der Waals surface area contributed by atoms with Crippen LogP contribution in [0.2, 0.25) is 0 Å². The van der Waals surface area contributed by atoms with Gasteiger partial charge in [0, 0.05) is 32.9 Å². The van der Waals surface area contributed by atoms with Gasteiger partial charge in [0.2, 0.25) is 70.9 Å². The van der Waals surface area contributed by atoms with Crippen LogP contribution in [-0.4, -0.2) is 166 Å². The van der Waals surface area contributed by atoms with Gasteiger partial charge in [0.15, 0.2) is 5.96 Å². The van der Waals surface area contributed by atoms with Crippen LogP contribution in [0.3, 0.4) is 0 Å². The Morgan fingerprint density at radius 3 is 1.72 bits per heavy atom. The van der Waals surface area contributed by atoms with Crippen LogP contribution in [0.25, 0.3) is 0 Å². The zero-order valence-corrected chi connectivity index (χ0v) is 43.5. The lowest BCUT2D eigenvalue weighted by Crippen LogP contribution is -2.61. The molecule has 1 aliphatic rings. The highest BCUT2D eigenvalue weighted by molar-refractivity contribution is 6.00. The molecule has 1 heterocycles. The number of likely N-dealkylation sites (tertiary alicyclic amines) is 1. The summed E-state index contributed by atoms with van der Waals surface area (Å²) in [6.45, 7) is 8.21. The molecule has 12 amide bonds. The van der Waals surface area contributed by atoms with Crippen LogP contribution < -0.4 is 70.8 Å². The number of nitrogens with zero attached hydrogens (tertiary/aromatic N) is 1. The second-order valence-corrected chi connectivity index (χ2v) is 19.0. The molecule has 1 aromatic rings. The number of guanidine groups is 1. The van der Waals surface area contributed by atoms with Gasteiger partial charge in [0.1, 0.15) is 60.1 Å².